The molecule has 0 spiro atoms. The van der Waals surface area contributed by atoms with Crippen LogP contribution in [0.4, 0.5) is 20.2 Å². The van der Waals surface area contributed by atoms with Gasteiger partial charge in [-0.25, -0.2) is 8.78 Å². The molecule has 0 aromatic heterocycles. The molecule has 0 aliphatic carbocycles. The van der Waals surface area contributed by atoms with E-state index in [1.54, 1.807) is 28.9 Å². The fourth-order valence-corrected chi connectivity index (χ4v) is 3.15. The van der Waals surface area contributed by atoms with E-state index in [1.165, 1.54) is 19.2 Å². The lowest BCUT2D eigenvalue weighted by Gasteiger charge is -2.36. The number of hydrogen-bond acceptors (Lipinski definition) is 5. The Bertz CT molecular complexity index is 928. The molecule has 3 rings (SSSR count). The molecular formula is C19H19F2N3O4. The number of hydrogen-bond donors (Lipinski definition) is 0. The minimum Gasteiger partial charge on any atom is -0.494 e. The summed E-state index contributed by atoms with van der Waals surface area (Å²) in [6, 6.07) is 6.45. The SMILES string of the molecule is COc1cc(N2CCN(C(=O)c3ccc(C)c(F)c3)CC2)c([N+](=O)[O-])cc1F. The number of halogens is 2. The average Bonchev–Trinajstić information content (AvgIpc) is 2.69. The fourth-order valence-electron chi connectivity index (χ4n) is 3.15. The highest BCUT2D eigenvalue weighted by Crippen LogP contribution is 2.35. The predicted molar refractivity (Wildman–Crippen MR) is 98.9 cm³/mol. The van der Waals surface area contributed by atoms with E-state index in [0.29, 0.717) is 31.7 Å². The summed E-state index contributed by atoms with van der Waals surface area (Å²) in [5, 5.41) is 11.3. The molecule has 9 heteroatoms. The summed E-state index contributed by atoms with van der Waals surface area (Å²) in [6.45, 7) is 2.84. The standard InChI is InChI=1S/C19H19F2N3O4/c1-12-3-4-13(9-14(12)20)19(25)23-7-5-22(6-8-23)16-11-18(28-2)15(21)10-17(16)24(26)27/h3-4,9-11H,5-8H2,1-2H3. The van der Waals surface area contributed by atoms with Gasteiger partial charge >= 0.3 is 0 Å². The lowest BCUT2D eigenvalue weighted by Crippen LogP contribution is -2.49. The number of nitro groups is 1. The van der Waals surface area contributed by atoms with Crippen LogP contribution < -0.4 is 9.64 Å². The first kappa shape index (κ1) is 19.5. The number of carbonyl (C=O) groups is 1. The van der Waals surface area contributed by atoms with Crippen molar-refractivity contribution in [1.82, 2.24) is 4.90 Å². The lowest BCUT2D eigenvalue weighted by atomic mass is 10.1. The maximum Gasteiger partial charge on any atom is 0.295 e. The normalized spacial score (nSPS) is 14.1. The topological polar surface area (TPSA) is 75.9 Å². The van der Waals surface area contributed by atoms with E-state index in [0.717, 1.165) is 6.07 Å². The number of methoxy groups -OCH3 is 1. The summed E-state index contributed by atoms with van der Waals surface area (Å²) >= 11 is 0. The van der Waals surface area contributed by atoms with Crippen molar-refractivity contribution in [3.63, 3.8) is 0 Å². The second-order valence-electron chi connectivity index (χ2n) is 6.48. The van der Waals surface area contributed by atoms with Gasteiger partial charge < -0.3 is 14.5 Å². The fraction of sp³-hybridized carbons (Fsp3) is 0.316. The van der Waals surface area contributed by atoms with Crippen LogP contribution in [0.5, 0.6) is 5.75 Å². The van der Waals surface area contributed by atoms with Crippen LogP contribution in [0.2, 0.25) is 0 Å². The number of rotatable bonds is 4. The number of ether oxygens (including phenoxy) is 1. The quantitative estimate of drug-likeness (QED) is 0.591. The van der Waals surface area contributed by atoms with Crippen molar-refractivity contribution in [1.29, 1.82) is 0 Å². The van der Waals surface area contributed by atoms with E-state index < -0.39 is 16.6 Å². The first-order valence-corrected chi connectivity index (χ1v) is 8.64. The molecule has 148 valence electrons. The molecule has 1 amide bonds. The molecule has 0 N–H and O–H groups in total. The van der Waals surface area contributed by atoms with Crippen molar-refractivity contribution in [2.45, 2.75) is 6.92 Å². The third kappa shape index (κ3) is 3.73. The first-order valence-electron chi connectivity index (χ1n) is 8.64. The summed E-state index contributed by atoms with van der Waals surface area (Å²) in [6.07, 6.45) is 0. The van der Waals surface area contributed by atoms with Crippen molar-refractivity contribution < 1.29 is 23.2 Å². The van der Waals surface area contributed by atoms with Gasteiger partial charge in [0.15, 0.2) is 11.6 Å². The Morgan fingerprint density at radius 1 is 1.11 bits per heavy atom. The highest BCUT2D eigenvalue weighted by Gasteiger charge is 2.28. The Hall–Kier alpha value is -3.23. The molecule has 0 unspecified atom stereocenters. The van der Waals surface area contributed by atoms with Crippen LogP contribution in [0.1, 0.15) is 15.9 Å². The van der Waals surface area contributed by atoms with Gasteiger partial charge in [-0.05, 0) is 24.6 Å². The molecule has 1 aliphatic heterocycles. The average molecular weight is 391 g/mol. The van der Waals surface area contributed by atoms with Crippen LogP contribution in [0.25, 0.3) is 0 Å². The van der Waals surface area contributed by atoms with Crippen LogP contribution in [0, 0.1) is 28.7 Å². The van der Waals surface area contributed by atoms with E-state index in [2.05, 4.69) is 0 Å². The summed E-state index contributed by atoms with van der Waals surface area (Å²) in [7, 11) is 1.28. The van der Waals surface area contributed by atoms with Crippen molar-refractivity contribution in [2.24, 2.45) is 0 Å². The zero-order valence-electron chi connectivity index (χ0n) is 15.4. The summed E-state index contributed by atoms with van der Waals surface area (Å²) < 4.78 is 32.5. The molecule has 1 saturated heterocycles. The monoisotopic (exact) mass is 391 g/mol. The smallest absolute Gasteiger partial charge is 0.295 e. The van der Waals surface area contributed by atoms with E-state index in [9.17, 15) is 23.7 Å². The van der Waals surface area contributed by atoms with Gasteiger partial charge in [0.2, 0.25) is 0 Å². The van der Waals surface area contributed by atoms with Gasteiger partial charge in [0.05, 0.1) is 18.1 Å². The van der Waals surface area contributed by atoms with Gasteiger partial charge in [0.25, 0.3) is 11.6 Å². The Kier molecular flexibility index (Phi) is 5.43. The van der Waals surface area contributed by atoms with Gasteiger partial charge in [-0.3, -0.25) is 14.9 Å². The maximum absolute atomic E-state index is 13.8. The third-order valence-electron chi connectivity index (χ3n) is 4.77. The van der Waals surface area contributed by atoms with Gasteiger partial charge in [-0.2, -0.15) is 0 Å². The Labute approximate surface area is 160 Å². The molecule has 7 nitrogen and oxygen atoms in total. The summed E-state index contributed by atoms with van der Waals surface area (Å²) in [5.74, 6) is -1.65. The van der Waals surface area contributed by atoms with Crippen molar-refractivity contribution in [3.05, 3.63) is 63.2 Å². The predicted octanol–water partition coefficient (Wildman–Crippen LogP) is 3.15. The Balaban J connectivity index is 1.77. The van der Waals surface area contributed by atoms with Crippen LogP contribution >= 0.6 is 0 Å². The molecule has 28 heavy (non-hydrogen) atoms. The number of piperazine rings is 1. The molecular weight excluding hydrogens is 372 g/mol. The lowest BCUT2D eigenvalue weighted by molar-refractivity contribution is -0.384. The maximum atomic E-state index is 13.8. The molecule has 1 aliphatic rings. The number of nitrogens with zero attached hydrogens (tertiary/aromatic N) is 3. The summed E-state index contributed by atoms with van der Waals surface area (Å²) in [5.41, 5.74) is 0.584. The van der Waals surface area contributed by atoms with Crippen LogP contribution in [-0.4, -0.2) is 49.0 Å². The molecule has 2 aromatic rings. The van der Waals surface area contributed by atoms with E-state index in [1.807, 2.05) is 0 Å². The van der Waals surface area contributed by atoms with Gasteiger partial charge in [0, 0.05) is 37.8 Å². The number of benzene rings is 2. The van der Waals surface area contributed by atoms with Crippen LogP contribution in [0.15, 0.2) is 30.3 Å². The summed E-state index contributed by atoms with van der Waals surface area (Å²) in [4.78, 5) is 26.5. The Morgan fingerprint density at radius 3 is 2.36 bits per heavy atom. The molecule has 0 atom stereocenters. The van der Waals surface area contributed by atoms with Crippen molar-refractivity contribution >= 4 is 17.3 Å². The van der Waals surface area contributed by atoms with E-state index >= 15 is 0 Å². The third-order valence-corrected chi connectivity index (χ3v) is 4.77. The highest BCUT2D eigenvalue weighted by molar-refractivity contribution is 5.94. The zero-order chi connectivity index (χ0) is 20.4. The number of amides is 1. The molecule has 0 bridgehead atoms. The number of anilines is 1. The Morgan fingerprint density at radius 2 is 1.79 bits per heavy atom. The largest absolute Gasteiger partial charge is 0.494 e. The van der Waals surface area contributed by atoms with E-state index in [-0.39, 0.29) is 28.6 Å². The van der Waals surface area contributed by atoms with Gasteiger partial charge in [0.1, 0.15) is 11.5 Å². The number of nitro benzene ring substituents is 1. The molecule has 1 heterocycles. The van der Waals surface area contributed by atoms with Crippen molar-refractivity contribution in [2.75, 3.05) is 38.2 Å². The van der Waals surface area contributed by atoms with Crippen LogP contribution in [-0.2, 0) is 0 Å². The van der Waals surface area contributed by atoms with Gasteiger partial charge in [-0.1, -0.05) is 6.07 Å². The second kappa shape index (κ2) is 7.79. The number of aryl methyl sites for hydroxylation is 1. The zero-order valence-corrected chi connectivity index (χ0v) is 15.4. The minimum absolute atomic E-state index is 0.0887. The number of carbonyl (C=O) groups excluding carboxylic acids is 1. The molecule has 0 radical (unpaired) electrons. The first-order chi connectivity index (χ1) is 13.3. The highest BCUT2D eigenvalue weighted by atomic mass is 19.1. The second-order valence-corrected chi connectivity index (χ2v) is 6.48. The van der Waals surface area contributed by atoms with Crippen molar-refractivity contribution in [3.8, 4) is 5.75 Å². The molecule has 2 aromatic carbocycles. The molecule has 1 fully saturated rings. The minimum atomic E-state index is -0.812. The van der Waals surface area contributed by atoms with Gasteiger partial charge in [-0.15, -0.1) is 0 Å². The van der Waals surface area contributed by atoms with Crippen LogP contribution in [0.3, 0.4) is 0 Å². The van der Waals surface area contributed by atoms with E-state index in [4.69, 9.17) is 4.74 Å². The molecule has 0 saturated carbocycles.